The third-order valence-corrected chi connectivity index (χ3v) is 0.894. The van der Waals surface area contributed by atoms with Crippen LogP contribution in [-0.2, 0) is 0 Å². The van der Waals surface area contributed by atoms with E-state index < -0.39 is 0 Å². The lowest BCUT2D eigenvalue weighted by atomic mass is 10.5. The van der Waals surface area contributed by atoms with Gasteiger partial charge in [0.1, 0.15) is 0 Å². The summed E-state index contributed by atoms with van der Waals surface area (Å²) in [5.41, 5.74) is 0. The first kappa shape index (κ1) is 8.17. The first-order valence-corrected chi connectivity index (χ1v) is 2.90. The van der Waals surface area contributed by atoms with Gasteiger partial charge in [-0.1, -0.05) is 6.58 Å². The second kappa shape index (κ2) is 5.31. The number of hydrogen-bond donors (Lipinski definition) is 3. The van der Waals surface area contributed by atoms with Crippen LogP contribution >= 0.6 is 0 Å². The van der Waals surface area contributed by atoms with E-state index in [2.05, 4.69) is 17.2 Å². The zero-order valence-electron chi connectivity index (χ0n) is 5.65. The second-order valence-corrected chi connectivity index (χ2v) is 1.70. The van der Waals surface area contributed by atoms with Crippen molar-refractivity contribution in [2.45, 2.75) is 13.1 Å². The van der Waals surface area contributed by atoms with Crippen molar-refractivity contribution in [3.63, 3.8) is 0 Å². The Morgan fingerprint density at radius 3 is 2.89 bits per heavy atom. The lowest BCUT2D eigenvalue weighted by Gasteiger charge is -2.10. The third kappa shape index (κ3) is 5.03. The summed E-state index contributed by atoms with van der Waals surface area (Å²) >= 11 is 0. The van der Waals surface area contributed by atoms with Gasteiger partial charge in [0.2, 0.25) is 0 Å². The molecule has 0 aromatic heterocycles. The minimum atomic E-state index is 0.198. The highest BCUT2D eigenvalue weighted by Gasteiger charge is 1.90. The van der Waals surface area contributed by atoms with Gasteiger partial charge >= 0.3 is 0 Å². The van der Waals surface area contributed by atoms with Crippen molar-refractivity contribution in [3.8, 4) is 0 Å². The maximum atomic E-state index is 6.69. The molecule has 0 aliphatic rings. The third-order valence-electron chi connectivity index (χ3n) is 0.894. The van der Waals surface area contributed by atoms with E-state index in [9.17, 15) is 0 Å². The van der Waals surface area contributed by atoms with Gasteiger partial charge in [0.25, 0.3) is 0 Å². The Labute approximate surface area is 55.7 Å². The van der Waals surface area contributed by atoms with E-state index in [1.54, 1.807) is 6.20 Å². The smallest absolute Gasteiger partial charge is 0.0736 e. The average molecular weight is 127 g/mol. The summed E-state index contributed by atoms with van der Waals surface area (Å²) in [5, 5.41) is 12.6. The van der Waals surface area contributed by atoms with Crippen molar-refractivity contribution in [2.24, 2.45) is 0 Å². The Balaban J connectivity index is 3.14. The van der Waals surface area contributed by atoms with Crippen molar-refractivity contribution >= 4 is 6.21 Å². The molecule has 3 heteroatoms. The molecule has 0 bridgehead atoms. The van der Waals surface area contributed by atoms with Crippen LogP contribution in [0.25, 0.3) is 0 Å². The fraction of sp³-hybridized carbons (Fsp3) is 0.500. The van der Waals surface area contributed by atoms with Crippen molar-refractivity contribution in [3.05, 3.63) is 12.8 Å². The molecule has 0 heterocycles. The first-order valence-electron chi connectivity index (χ1n) is 2.90. The predicted octanol–water partition coefficient (Wildman–Crippen LogP) is 0.305. The molecule has 0 saturated carbocycles. The molecule has 0 aromatic carbocycles. The molecule has 52 valence electrons. The van der Waals surface area contributed by atoms with E-state index in [-0.39, 0.29) is 6.17 Å². The van der Waals surface area contributed by atoms with Gasteiger partial charge in [-0.15, -0.1) is 0 Å². The maximum absolute atomic E-state index is 6.69. The average Bonchev–Trinajstić information content (AvgIpc) is 1.85. The SMILES string of the molecule is C=CNC(C)NCC=N. The summed E-state index contributed by atoms with van der Waals surface area (Å²) in [6.45, 7) is 6.06. The van der Waals surface area contributed by atoms with Crippen LogP contribution in [0, 0.1) is 5.41 Å². The van der Waals surface area contributed by atoms with Gasteiger partial charge in [-0.3, -0.25) is 5.32 Å². The van der Waals surface area contributed by atoms with Gasteiger partial charge in [-0.25, -0.2) is 0 Å². The fourth-order valence-corrected chi connectivity index (χ4v) is 0.471. The molecule has 0 aliphatic carbocycles. The van der Waals surface area contributed by atoms with Crippen LogP contribution in [0.3, 0.4) is 0 Å². The van der Waals surface area contributed by atoms with Crippen molar-refractivity contribution < 1.29 is 0 Å². The van der Waals surface area contributed by atoms with Crippen molar-refractivity contribution in [1.29, 1.82) is 5.41 Å². The topological polar surface area (TPSA) is 47.9 Å². The van der Waals surface area contributed by atoms with E-state index in [1.807, 2.05) is 6.92 Å². The Morgan fingerprint density at radius 1 is 1.78 bits per heavy atom. The van der Waals surface area contributed by atoms with E-state index in [1.165, 1.54) is 6.21 Å². The van der Waals surface area contributed by atoms with Gasteiger partial charge < -0.3 is 10.7 Å². The van der Waals surface area contributed by atoms with Crippen molar-refractivity contribution in [2.75, 3.05) is 6.54 Å². The number of nitrogens with one attached hydrogen (secondary N) is 3. The lowest BCUT2D eigenvalue weighted by molar-refractivity contribution is 0.544. The molecule has 0 aliphatic heterocycles. The summed E-state index contributed by atoms with van der Waals surface area (Å²) in [5.74, 6) is 0. The molecule has 0 rings (SSSR count). The molecule has 0 fully saturated rings. The van der Waals surface area contributed by atoms with Gasteiger partial charge in [-0.2, -0.15) is 0 Å². The Kier molecular flexibility index (Phi) is 4.82. The first-order chi connectivity index (χ1) is 4.31. The van der Waals surface area contributed by atoms with E-state index >= 15 is 0 Å². The van der Waals surface area contributed by atoms with Crippen LogP contribution in [0.2, 0.25) is 0 Å². The summed E-state index contributed by atoms with van der Waals surface area (Å²) < 4.78 is 0. The summed E-state index contributed by atoms with van der Waals surface area (Å²) in [7, 11) is 0. The lowest BCUT2D eigenvalue weighted by Crippen LogP contribution is -2.37. The summed E-state index contributed by atoms with van der Waals surface area (Å²) in [4.78, 5) is 0. The van der Waals surface area contributed by atoms with Crippen LogP contribution in [0.4, 0.5) is 0 Å². The van der Waals surface area contributed by atoms with Gasteiger partial charge in [0.05, 0.1) is 6.17 Å². The summed E-state index contributed by atoms with van der Waals surface area (Å²) in [6, 6.07) is 0. The second-order valence-electron chi connectivity index (χ2n) is 1.70. The standard InChI is InChI=1S/C6H13N3/c1-3-8-6(2)9-5-4-7/h3-4,6-9H,1,5H2,2H3. The number of hydrogen-bond acceptors (Lipinski definition) is 3. The maximum Gasteiger partial charge on any atom is 0.0736 e. The van der Waals surface area contributed by atoms with Gasteiger partial charge in [0.15, 0.2) is 0 Å². The largest absolute Gasteiger partial charge is 0.377 e. The zero-order chi connectivity index (χ0) is 7.11. The molecule has 0 saturated heterocycles. The van der Waals surface area contributed by atoms with Crippen LogP contribution in [0.1, 0.15) is 6.92 Å². The summed E-state index contributed by atoms with van der Waals surface area (Å²) in [6.07, 6.45) is 3.15. The monoisotopic (exact) mass is 127 g/mol. The molecule has 0 spiro atoms. The van der Waals surface area contributed by atoms with Crippen LogP contribution in [-0.4, -0.2) is 18.9 Å². The van der Waals surface area contributed by atoms with E-state index in [4.69, 9.17) is 5.41 Å². The number of rotatable bonds is 5. The minimum absolute atomic E-state index is 0.198. The molecule has 1 unspecified atom stereocenters. The molecule has 1 atom stereocenters. The molecule has 0 aromatic rings. The Bertz CT molecular complexity index is 90.3. The highest BCUT2D eigenvalue weighted by atomic mass is 15.1. The van der Waals surface area contributed by atoms with Gasteiger partial charge in [0, 0.05) is 12.8 Å². The van der Waals surface area contributed by atoms with E-state index in [0.29, 0.717) is 6.54 Å². The fourth-order valence-electron chi connectivity index (χ4n) is 0.471. The highest BCUT2D eigenvalue weighted by molar-refractivity contribution is 5.55. The molecule has 0 radical (unpaired) electrons. The molecule has 0 amide bonds. The predicted molar refractivity (Wildman–Crippen MR) is 39.6 cm³/mol. The molecular formula is C6H13N3. The molecule has 9 heavy (non-hydrogen) atoms. The van der Waals surface area contributed by atoms with Crippen molar-refractivity contribution in [1.82, 2.24) is 10.6 Å². The van der Waals surface area contributed by atoms with Crippen LogP contribution in [0.15, 0.2) is 12.8 Å². The van der Waals surface area contributed by atoms with Crippen LogP contribution < -0.4 is 10.6 Å². The minimum Gasteiger partial charge on any atom is -0.377 e. The van der Waals surface area contributed by atoms with Crippen LogP contribution in [0.5, 0.6) is 0 Å². The molecular weight excluding hydrogens is 114 g/mol. The Morgan fingerprint density at radius 2 is 2.44 bits per heavy atom. The molecule has 3 nitrogen and oxygen atoms in total. The molecule has 3 N–H and O–H groups in total. The normalized spacial score (nSPS) is 12.1. The van der Waals surface area contributed by atoms with E-state index in [0.717, 1.165) is 0 Å². The van der Waals surface area contributed by atoms with Gasteiger partial charge in [-0.05, 0) is 13.1 Å². The highest BCUT2D eigenvalue weighted by Crippen LogP contribution is 1.70. The Hall–Kier alpha value is -0.830. The zero-order valence-corrected chi connectivity index (χ0v) is 5.65. The quantitative estimate of drug-likeness (QED) is 0.367.